The quantitative estimate of drug-likeness (QED) is 0.803. The lowest BCUT2D eigenvalue weighted by atomic mass is 10.1. The number of halogens is 1. The minimum absolute atomic E-state index is 0.383. The van der Waals surface area contributed by atoms with Crippen molar-refractivity contribution in [2.24, 2.45) is 0 Å². The molecule has 3 aromatic rings. The second-order valence-electron chi connectivity index (χ2n) is 4.18. The van der Waals surface area contributed by atoms with Crippen molar-refractivity contribution in [2.75, 3.05) is 0 Å². The summed E-state index contributed by atoms with van der Waals surface area (Å²) in [5.74, 6) is 0. The Morgan fingerprint density at radius 1 is 1.10 bits per heavy atom. The van der Waals surface area contributed by atoms with E-state index in [1.54, 1.807) is 23.0 Å². The Morgan fingerprint density at radius 2 is 1.90 bits per heavy atom. The standard InChI is InChI=1S/C14H11ClN4O/c15-11-7-4-8-16-13(11)14(20)12-9-17-18-19(12)10-5-2-1-3-6-10/h1-9,14,20H. The Morgan fingerprint density at radius 3 is 2.65 bits per heavy atom. The van der Waals surface area contributed by atoms with Gasteiger partial charge in [0.1, 0.15) is 6.10 Å². The van der Waals surface area contributed by atoms with Crippen molar-refractivity contribution >= 4 is 11.6 Å². The summed E-state index contributed by atoms with van der Waals surface area (Å²) in [4.78, 5) is 4.12. The van der Waals surface area contributed by atoms with E-state index < -0.39 is 6.10 Å². The van der Waals surface area contributed by atoms with Gasteiger partial charge >= 0.3 is 0 Å². The first-order valence-electron chi connectivity index (χ1n) is 6.02. The van der Waals surface area contributed by atoms with Crippen LogP contribution >= 0.6 is 11.6 Å². The number of hydrogen-bond donors (Lipinski definition) is 1. The Balaban J connectivity index is 2.04. The van der Waals surface area contributed by atoms with Gasteiger partial charge in [0.05, 0.1) is 28.3 Å². The molecule has 20 heavy (non-hydrogen) atoms. The summed E-state index contributed by atoms with van der Waals surface area (Å²) < 4.78 is 1.57. The Kier molecular flexibility index (Phi) is 3.45. The number of benzene rings is 1. The number of nitrogens with zero attached hydrogens (tertiary/aromatic N) is 4. The molecule has 0 aliphatic carbocycles. The summed E-state index contributed by atoms with van der Waals surface area (Å²) in [6, 6.07) is 12.8. The molecule has 2 aromatic heterocycles. The molecule has 1 atom stereocenters. The molecular formula is C14H11ClN4O. The molecule has 5 nitrogen and oxygen atoms in total. The van der Waals surface area contributed by atoms with Gasteiger partial charge in [0.2, 0.25) is 0 Å². The highest BCUT2D eigenvalue weighted by atomic mass is 35.5. The van der Waals surface area contributed by atoms with Gasteiger partial charge in [-0.25, -0.2) is 4.68 Å². The molecule has 1 N–H and O–H groups in total. The van der Waals surface area contributed by atoms with Crippen LogP contribution in [-0.4, -0.2) is 25.1 Å². The van der Waals surface area contributed by atoms with Crippen molar-refractivity contribution in [3.05, 3.63) is 71.3 Å². The molecular weight excluding hydrogens is 276 g/mol. The molecule has 0 aliphatic heterocycles. The molecule has 1 aromatic carbocycles. The van der Waals surface area contributed by atoms with Gasteiger partial charge in [-0.1, -0.05) is 35.0 Å². The third-order valence-corrected chi connectivity index (χ3v) is 3.22. The van der Waals surface area contributed by atoms with Gasteiger partial charge in [0.25, 0.3) is 0 Å². The van der Waals surface area contributed by atoms with Gasteiger partial charge in [-0.05, 0) is 24.3 Å². The summed E-state index contributed by atoms with van der Waals surface area (Å²) in [6.45, 7) is 0. The topological polar surface area (TPSA) is 63.8 Å². The molecule has 0 aliphatic rings. The third-order valence-electron chi connectivity index (χ3n) is 2.90. The number of rotatable bonds is 3. The van der Waals surface area contributed by atoms with E-state index in [0.717, 1.165) is 5.69 Å². The van der Waals surface area contributed by atoms with E-state index in [1.807, 2.05) is 30.3 Å². The van der Waals surface area contributed by atoms with Crippen LogP contribution in [0.25, 0.3) is 5.69 Å². The zero-order valence-corrected chi connectivity index (χ0v) is 11.1. The van der Waals surface area contributed by atoms with Crippen molar-refractivity contribution in [1.82, 2.24) is 20.0 Å². The Bertz CT molecular complexity index is 714. The minimum atomic E-state index is -0.987. The minimum Gasteiger partial charge on any atom is -0.380 e. The maximum absolute atomic E-state index is 10.5. The average Bonchev–Trinajstić information content (AvgIpc) is 2.97. The normalized spacial score (nSPS) is 12.3. The molecule has 0 fully saturated rings. The Labute approximate surface area is 120 Å². The molecule has 2 heterocycles. The molecule has 0 radical (unpaired) electrons. The van der Waals surface area contributed by atoms with Crippen LogP contribution in [0.3, 0.4) is 0 Å². The maximum atomic E-state index is 10.5. The van der Waals surface area contributed by atoms with Crippen LogP contribution in [-0.2, 0) is 0 Å². The van der Waals surface area contributed by atoms with Crippen LogP contribution in [0.4, 0.5) is 0 Å². The van der Waals surface area contributed by atoms with E-state index in [4.69, 9.17) is 11.6 Å². The maximum Gasteiger partial charge on any atom is 0.141 e. The molecule has 100 valence electrons. The molecule has 0 bridgehead atoms. The highest BCUT2D eigenvalue weighted by Gasteiger charge is 2.20. The zero-order chi connectivity index (χ0) is 13.9. The van der Waals surface area contributed by atoms with Crippen LogP contribution in [0, 0.1) is 0 Å². The second kappa shape index (κ2) is 5.40. The van der Waals surface area contributed by atoms with Crippen LogP contribution in [0.5, 0.6) is 0 Å². The first-order valence-corrected chi connectivity index (χ1v) is 6.39. The lowest BCUT2D eigenvalue weighted by molar-refractivity contribution is 0.207. The van der Waals surface area contributed by atoms with E-state index in [9.17, 15) is 5.11 Å². The molecule has 6 heteroatoms. The fourth-order valence-corrected chi connectivity index (χ4v) is 2.16. The number of para-hydroxylation sites is 1. The van der Waals surface area contributed by atoms with E-state index in [2.05, 4.69) is 15.3 Å². The predicted octanol–water partition coefficient (Wildman–Crippen LogP) is 2.40. The number of aromatic nitrogens is 4. The van der Waals surface area contributed by atoms with Gasteiger partial charge in [0, 0.05) is 6.20 Å². The first kappa shape index (κ1) is 12.8. The number of pyridine rings is 1. The van der Waals surface area contributed by atoms with E-state index >= 15 is 0 Å². The fourth-order valence-electron chi connectivity index (χ4n) is 1.94. The summed E-state index contributed by atoms with van der Waals surface area (Å²) in [5, 5.41) is 18.7. The third kappa shape index (κ3) is 2.29. The summed E-state index contributed by atoms with van der Waals surface area (Å²) in [5.41, 5.74) is 1.71. The molecule has 0 amide bonds. The Hall–Kier alpha value is -2.24. The summed E-state index contributed by atoms with van der Waals surface area (Å²) in [7, 11) is 0. The SMILES string of the molecule is OC(c1ncccc1Cl)c1cnnn1-c1ccccc1. The van der Waals surface area contributed by atoms with Gasteiger partial charge in [0.15, 0.2) is 0 Å². The number of aliphatic hydroxyl groups excluding tert-OH is 1. The van der Waals surface area contributed by atoms with Crippen molar-refractivity contribution in [3.63, 3.8) is 0 Å². The van der Waals surface area contributed by atoms with E-state index in [-0.39, 0.29) is 0 Å². The highest BCUT2D eigenvalue weighted by Crippen LogP contribution is 2.26. The number of hydrogen-bond acceptors (Lipinski definition) is 4. The van der Waals surface area contributed by atoms with Crippen LogP contribution in [0.15, 0.2) is 54.9 Å². The van der Waals surface area contributed by atoms with Crippen LogP contribution in [0.1, 0.15) is 17.5 Å². The van der Waals surface area contributed by atoms with Gasteiger partial charge in [-0.3, -0.25) is 4.98 Å². The van der Waals surface area contributed by atoms with Crippen molar-refractivity contribution in [1.29, 1.82) is 0 Å². The second-order valence-corrected chi connectivity index (χ2v) is 4.59. The molecule has 0 spiro atoms. The molecule has 0 saturated heterocycles. The van der Waals surface area contributed by atoms with Gasteiger partial charge in [-0.15, -0.1) is 5.10 Å². The van der Waals surface area contributed by atoms with E-state index in [0.29, 0.717) is 16.4 Å². The van der Waals surface area contributed by atoms with E-state index in [1.165, 1.54) is 6.20 Å². The molecule has 0 saturated carbocycles. The largest absolute Gasteiger partial charge is 0.380 e. The fraction of sp³-hybridized carbons (Fsp3) is 0.0714. The van der Waals surface area contributed by atoms with Crippen LogP contribution in [0.2, 0.25) is 5.02 Å². The lowest BCUT2D eigenvalue weighted by Gasteiger charge is -2.12. The van der Waals surface area contributed by atoms with Crippen molar-refractivity contribution in [3.8, 4) is 5.69 Å². The lowest BCUT2D eigenvalue weighted by Crippen LogP contribution is -2.10. The molecule has 3 rings (SSSR count). The summed E-state index contributed by atoms with van der Waals surface area (Å²) >= 11 is 6.06. The van der Waals surface area contributed by atoms with Crippen LogP contribution < -0.4 is 0 Å². The van der Waals surface area contributed by atoms with Crippen molar-refractivity contribution < 1.29 is 5.11 Å². The predicted molar refractivity (Wildman–Crippen MR) is 74.7 cm³/mol. The highest BCUT2D eigenvalue weighted by molar-refractivity contribution is 6.31. The van der Waals surface area contributed by atoms with Crippen molar-refractivity contribution in [2.45, 2.75) is 6.10 Å². The van der Waals surface area contributed by atoms with Gasteiger partial charge in [-0.2, -0.15) is 0 Å². The monoisotopic (exact) mass is 286 g/mol. The first-order chi connectivity index (χ1) is 9.77. The molecule has 1 unspecified atom stereocenters. The van der Waals surface area contributed by atoms with Gasteiger partial charge < -0.3 is 5.11 Å². The number of aliphatic hydroxyl groups is 1. The summed E-state index contributed by atoms with van der Waals surface area (Å²) in [6.07, 6.45) is 2.10. The average molecular weight is 287 g/mol. The smallest absolute Gasteiger partial charge is 0.141 e. The zero-order valence-electron chi connectivity index (χ0n) is 10.4.